The van der Waals surface area contributed by atoms with Gasteiger partial charge >= 0.3 is 0 Å². The normalized spacial score (nSPS) is 12.2. The van der Waals surface area contributed by atoms with Crippen LogP contribution in [0.5, 0.6) is 0 Å². The molecule has 0 aliphatic carbocycles. The van der Waals surface area contributed by atoms with Crippen molar-refractivity contribution >= 4 is 71.1 Å². The molecule has 5 heterocycles. The van der Waals surface area contributed by atoms with Gasteiger partial charge in [0.1, 0.15) is 5.65 Å². The molecule has 0 radical (unpaired) electrons. The zero-order valence-corrected chi connectivity index (χ0v) is 23.0. The number of para-hydroxylation sites is 3. The molecule has 5 heteroatoms. The third-order valence-corrected chi connectivity index (χ3v) is 8.91. The Morgan fingerprint density at radius 1 is 0.419 bits per heavy atom. The monoisotopic (exact) mass is 549 g/mol. The molecule has 200 valence electrons. The number of hydrogen-bond acceptors (Lipinski definition) is 2. The highest BCUT2D eigenvalue weighted by Crippen LogP contribution is 2.44. The fourth-order valence-corrected chi connectivity index (χ4v) is 7.24. The van der Waals surface area contributed by atoms with E-state index in [1.165, 1.54) is 38.1 Å². The van der Waals surface area contributed by atoms with E-state index in [9.17, 15) is 0 Å². The summed E-state index contributed by atoms with van der Waals surface area (Å²) in [5.41, 5.74) is 9.99. The van der Waals surface area contributed by atoms with Crippen LogP contribution in [0.1, 0.15) is 0 Å². The Balaban J connectivity index is 1.52. The summed E-state index contributed by atoms with van der Waals surface area (Å²) in [5, 5.41) is 7.06. The van der Waals surface area contributed by atoms with Gasteiger partial charge in [0.05, 0.1) is 33.1 Å². The minimum atomic E-state index is 0.916. The molecule has 5 aromatic carbocycles. The molecule has 5 nitrogen and oxygen atoms in total. The van der Waals surface area contributed by atoms with Crippen LogP contribution in [0.4, 0.5) is 0 Å². The van der Waals surface area contributed by atoms with E-state index in [1.807, 2.05) is 18.5 Å². The number of hydrogen-bond donors (Lipinski definition) is 0. The number of fused-ring (bicyclic) bond motifs is 14. The zero-order chi connectivity index (χ0) is 28.1. The molecule has 43 heavy (non-hydrogen) atoms. The molecule has 0 saturated heterocycles. The number of rotatable bonds is 2. The topological polar surface area (TPSA) is 40.1 Å². The predicted octanol–water partition coefficient (Wildman–Crippen LogP) is 9.23. The largest absolute Gasteiger partial charge is 0.309 e. The van der Waals surface area contributed by atoms with Gasteiger partial charge in [0, 0.05) is 62.3 Å². The lowest BCUT2D eigenvalue weighted by molar-refractivity contribution is 1.17. The minimum absolute atomic E-state index is 0.916. The Labute approximate surface area is 245 Å². The Kier molecular flexibility index (Phi) is 4.39. The summed E-state index contributed by atoms with van der Waals surface area (Å²) >= 11 is 0. The molecule has 0 unspecified atom stereocenters. The van der Waals surface area contributed by atoms with Crippen LogP contribution in [0.3, 0.4) is 0 Å². The van der Waals surface area contributed by atoms with Crippen LogP contribution in [0, 0.1) is 0 Å². The summed E-state index contributed by atoms with van der Waals surface area (Å²) in [7, 11) is 0. The zero-order valence-electron chi connectivity index (χ0n) is 23.0. The van der Waals surface area contributed by atoms with Crippen molar-refractivity contribution in [2.24, 2.45) is 0 Å². The van der Waals surface area contributed by atoms with Crippen molar-refractivity contribution in [3.8, 4) is 11.4 Å². The first-order valence-corrected chi connectivity index (χ1v) is 14.5. The van der Waals surface area contributed by atoms with E-state index in [1.54, 1.807) is 0 Å². The highest BCUT2D eigenvalue weighted by Gasteiger charge is 2.23. The number of benzene rings is 5. The lowest BCUT2D eigenvalue weighted by atomic mass is 10.1. The van der Waals surface area contributed by atoms with Crippen LogP contribution in [-0.2, 0) is 0 Å². The SMILES string of the molecule is c1ccc(-n2c3ccccc3c3c2ccc2c4ccc5c6ncccc6c6nccn6c5c4n(-c4ccccc4)c23)cc1. The van der Waals surface area contributed by atoms with Crippen molar-refractivity contribution in [1.82, 2.24) is 23.5 Å². The van der Waals surface area contributed by atoms with Crippen molar-refractivity contribution < 1.29 is 0 Å². The molecule has 0 spiro atoms. The van der Waals surface area contributed by atoms with Crippen molar-refractivity contribution in [2.75, 3.05) is 0 Å². The standard InChI is InChI=1S/C38H23N5/c1-3-10-24(11-4-1)42-31-16-8-7-14-28(31)33-32(42)20-19-26-27-17-18-29-34-30(15-9-21-39-34)38-40-22-23-41(38)36(29)37(27)43(35(26)33)25-12-5-2-6-13-25/h1-23H. The Morgan fingerprint density at radius 3 is 1.93 bits per heavy atom. The lowest BCUT2D eigenvalue weighted by Gasteiger charge is -2.13. The molecule has 0 aliphatic heterocycles. The quantitative estimate of drug-likeness (QED) is 0.202. The molecule has 0 aliphatic rings. The molecular weight excluding hydrogens is 526 g/mol. The van der Waals surface area contributed by atoms with E-state index in [-0.39, 0.29) is 0 Å². The summed E-state index contributed by atoms with van der Waals surface area (Å²) in [6.45, 7) is 0. The summed E-state index contributed by atoms with van der Waals surface area (Å²) in [6.07, 6.45) is 5.84. The van der Waals surface area contributed by atoms with Gasteiger partial charge in [-0.2, -0.15) is 0 Å². The average molecular weight is 550 g/mol. The van der Waals surface area contributed by atoms with E-state index >= 15 is 0 Å². The van der Waals surface area contributed by atoms with Crippen molar-refractivity contribution in [3.63, 3.8) is 0 Å². The van der Waals surface area contributed by atoms with Gasteiger partial charge in [-0.1, -0.05) is 66.7 Å². The van der Waals surface area contributed by atoms with Gasteiger partial charge in [-0.25, -0.2) is 4.98 Å². The first-order valence-electron chi connectivity index (χ1n) is 14.5. The average Bonchev–Trinajstić information content (AvgIpc) is 3.78. The van der Waals surface area contributed by atoms with Crippen molar-refractivity contribution in [2.45, 2.75) is 0 Å². The molecular formula is C38H23N5. The highest BCUT2D eigenvalue weighted by atomic mass is 15.1. The second kappa shape index (κ2) is 8.30. The molecule has 0 fully saturated rings. The van der Waals surface area contributed by atoms with Gasteiger partial charge < -0.3 is 9.13 Å². The highest BCUT2D eigenvalue weighted by molar-refractivity contribution is 6.29. The molecule has 0 bridgehead atoms. The van der Waals surface area contributed by atoms with Crippen LogP contribution in [0.15, 0.2) is 140 Å². The summed E-state index contributed by atoms with van der Waals surface area (Å²) in [6, 6.07) is 43.4. The number of pyridine rings is 2. The second-order valence-electron chi connectivity index (χ2n) is 11.1. The van der Waals surface area contributed by atoms with Gasteiger partial charge in [-0.15, -0.1) is 0 Å². The molecule has 5 aromatic heterocycles. The predicted molar refractivity (Wildman–Crippen MR) is 177 cm³/mol. The van der Waals surface area contributed by atoms with Gasteiger partial charge in [0.15, 0.2) is 0 Å². The van der Waals surface area contributed by atoms with E-state index in [0.29, 0.717) is 0 Å². The van der Waals surface area contributed by atoms with Crippen LogP contribution < -0.4 is 0 Å². The lowest BCUT2D eigenvalue weighted by Crippen LogP contribution is -1.98. The molecule has 0 saturated carbocycles. The summed E-state index contributed by atoms with van der Waals surface area (Å²) in [5.74, 6) is 0. The number of nitrogens with zero attached hydrogens (tertiary/aromatic N) is 5. The smallest absolute Gasteiger partial charge is 0.146 e. The minimum Gasteiger partial charge on any atom is -0.309 e. The summed E-state index contributed by atoms with van der Waals surface area (Å²) in [4.78, 5) is 9.66. The van der Waals surface area contributed by atoms with E-state index in [2.05, 4.69) is 135 Å². The first-order chi connectivity index (χ1) is 21.4. The first kappa shape index (κ1) is 22.7. The number of imidazole rings is 1. The van der Waals surface area contributed by atoms with Crippen LogP contribution >= 0.6 is 0 Å². The van der Waals surface area contributed by atoms with Gasteiger partial charge in [-0.05, 0) is 54.6 Å². The van der Waals surface area contributed by atoms with E-state index in [0.717, 1.165) is 44.3 Å². The molecule has 10 aromatic rings. The van der Waals surface area contributed by atoms with Crippen LogP contribution in [-0.4, -0.2) is 23.5 Å². The van der Waals surface area contributed by atoms with Crippen LogP contribution in [0.25, 0.3) is 82.4 Å². The maximum atomic E-state index is 4.86. The van der Waals surface area contributed by atoms with Crippen LogP contribution in [0.2, 0.25) is 0 Å². The maximum Gasteiger partial charge on any atom is 0.146 e. The Morgan fingerprint density at radius 2 is 1.09 bits per heavy atom. The number of aromatic nitrogens is 5. The molecule has 0 N–H and O–H groups in total. The van der Waals surface area contributed by atoms with Crippen molar-refractivity contribution in [1.29, 1.82) is 0 Å². The van der Waals surface area contributed by atoms with Gasteiger partial charge in [-0.3, -0.25) is 9.38 Å². The fraction of sp³-hybridized carbons (Fsp3) is 0. The van der Waals surface area contributed by atoms with E-state index < -0.39 is 0 Å². The maximum absolute atomic E-state index is 4.86. The fourth-order valence-electron chi connectivity index (χ4n) is 7.24. The Bertz CT molecular complexity index is 2710. The van der Waals surface area contributed by atoms with Crippen molar-refractivity contribution in [3.05, 3.63) is 140 Å². The second-order valence-corrected chi connectivity index (χ2v) is 11.1. The third kappa shape index (κ3) is 2.90. The summed E-state index contributed by atoms with van der Waals surface area (Å²) < 4.78 is 7.09. The molecule has 0 atom stereocenters. The Hall–Kier alpha value is -5.94. The van der Waals surface area contributed by atoms with Gasteiger partial charge in [0.2, 0.25) is 0 Å². The molecule has 10 rings (SSSR count). The van der Waals surface area contributed by atoms with E-state index in [4.69, 9.17) is 9.97 Å². The van der Waals surface area contributed by atoms with Gasteiger partial charge in [0.25, 0.3) is 0 Å². The molecule has 0 amide bonds. The third-order valence-electron chi connectivity index (χ3n) is 8.91.